The van der Waals surface area contributed by atoms with Gasteiger partial charge >= 0.3 is 5.97 Å². The molecule has 0 bridgehead atoms. The number of carbonyl (C=O) groups is 1. The average molecular weight is 417 g/mol. The van der Waals surface area contributed by atoms with Crippen molar-refractivity contribution in [3.63, 3.8) is 0 Å². The number of halogens is 1. The number of ether oxygens (including phenoxy) is 1. The van der Waals surface area contributed by atoms with Crippen LogP contribution in [0.5, 0.6) is 0 Å². The van der Waals surface area contributed by atoms with Gasteiger partial charge in [-0.05, 0) is 70.0 Å². The maximum atomic E-state index is 12.4. The van der Waals surface area contributed by atoms with Crippen molar-refractivity contribution < 1.29 is 9.53 Å². The monoisotopic (exact) mass is 416 g/mol. The first-order chi connectivity index (χ1) is 13.1. The Bertz CT molecular complexity index is 1100. The summed E-state index contributed by atoms with van der Waals surface area (Å²) >= 11 is 7.43. The first kappa shape index (κ1) is 20.4. The van der Waals surface area contributed by atoms with Gasteiger partial charge in [0.25, 0.3) is 5.56 Å². The Morgan fingerprint density at radius 3 is 2.64 bits per heavy atom. The number of benzene rings is 1. The molecule has 0 aliphatic carbocycles. The predicted molar refractivity (Wildman–Crippen MR) is 113 cm³/mol. The van der Waals surface area contributed by atoms with E-state index in [2.05, 4.69) is 9.97 Å². The zero-order valence-corrected chi connectivity index (χ0v) is 17.8. The lowest BCUT2D eigenvalue weighted by atomic mass is 10.1. The largest absolute Gasteiger partial charge is 0.460 e. The average Bonchev–Trinajstić information content (AvgIpc) is 2.57. The van der Waals surface area contributed by atoms with Gasteiger partial charge in [-0.25, -0.2) is 0 Å². The number of pyridine rings is 1. The van der Waals surface area contributed by atoms with Crippen molar-refractivity contribution in [2.45, 2.75) is 46.1 Å². The quantitative estimate of drug-likeness (QED) is 0.562. The molecule has 0 aliphatic rings. The van der Waals surface area contributed by atoms with Crippen LogP contribution in [0.4, 0.5) is 0 Å². The Balaban J connectivity index is 1.90. The smallest absolute Gasteiger partial charge is 0.306 e. The van der Waals surface area contributed by atoms with E-state index in [4.69, 9.17) is 16.3 Å². The lowest BCUT2D eigenvalue weighted by Crippen LogP contribution is -2.24. The van der Waals surface area contributed by atoms with Gasteiger partial charge in [-0.1, -0.05) is 11.6 Å². The van der Waals surface area contributed by atoms with Crippen molar-refractivity contribution in [3.8, 4) is 10.7 Å². The van der Waals surface area contributed by atoms with Crippen LogP contribution in [0.3, 0.4) is 0 Å². The summed E-state index contributed by atoms with van der Waals surface area (Å²) in [7, 11) is 0. The maximum absolute atomic E-state index is 12.4. The van der Waals surface area contributed by atoms with Crippen LogP contribution in [0.15, 0.2) is 35.1 Å². The van der Waals surface area contributed by atoms with Gasteiger partial charge in [-0.2, -0.15) is 4.98 Å². The maximum Gasteiger partial charge on any atom is 0.306 e. The number of fused-ring (bicyclic) bond motifs is 1. The molecule has 2 aromatic heterocycles. The summed E-state index contributed by atoms with van der Waals surface area (Å²) in [6.45, 7) is 7.42. The molecule has 28 heavy (non-hydrogen) atoms. The second-order valence-electron chi connectivity index (χ2n) is 7.55. The van der Waals surface area contributed by atoms with Gasteiger partial charge < -0.3 is 4.74 Å². The SMILES string of the molecule is Cc1cc(CCC(=O)OC(C)(C)C)cc(-c2nc(=O)c3ccc(Cl)cc3s2)n1. The van der Waals surface area contributed by atoms with Crippen molar-refractivity contribution in [3.05, 3.63) is 57.0 Å². The molecule has 0 unspecified atom stereocenters. The first-order valence-electron chi connectivity index (χ1n) is 8.91. The summed E-state index contributed by atoms with van der Waals surface area (Å²) in [6, 6.07) is 8.91. The third-order valence-corrected chi connectivity index (χ3v) is 5.14. The molecule has 0 radical (unpaired) electrons. The molecular formula is C21H21ClN2O3S. The molecule has 0 amide bonds. The second-order valence-corrected chi connectivity index (χ2v) is 9.02. The van der Waals surface area contributed by atoms with Crippen molar-refractivity contribution in [1.29, 1.82) is 0 Å². The van der Waals surface area contributed by atoms with Crippen LogP contribution in [-0.4, -0.2) is 21.5 Å². The number of rotatable bonds is 4. The highest BCUT2D eigenvalue weighted by Crippen LogP contribution is 2.28. The summed E-state index contributed by atoms with van der Waals surface area (Å²) in [5.74, 6) is -0.244. The van der Waals surface area contributed by atoms with E-state index in [0.717, 1.165) is 16.0 Å². The summed E-state index contributed by atoms with van der Waals surface area (Å²) in [6.07, 6.45) is 0.802. The van der Waals surface area contributed by atoms with Crippen LogP contribution in [0, 0.1) is 6.92 Å². The lowest BCUT2D eigenvalue weighted by Gasteiger charge is -2.19. The predicted octanol–water partition coefficient (Wildman–Crippen LogP) is 4.95. The highest BCUT2D eigenvalue weighted by atomic mass is 35.5. The molecule has 0 aliphatic heterocycles. The molecule has 3 rings (SSSR count). The number of carbonyl (C=O) groups excluding carboxylic acids is 1. The molecule has 5 nitrogen and oxygen atoms in total. The van der Waals surface area contributed by atoms with Crippen LogP contribution in [-0.2, 0) is 16.0 Å². The van der Waals surface area contributed by atoms with Crippen LogP contribution in [0.2, 0.25) is 5.02 Å². The molecule has 0 atom stereocenters. The van der Waals surface area contributed by atoms with Crippen molar-refractivity contribution in [2.24, 2.45) is 0 Å². The summed E-state index contributed by atoms with van der Waals surface area (Å²) < 4.78 is 6.13. The van der Waals surface area contributed by atoms with Gasteiger partial charge in [0.1, 0.15) is 10.6 Å². The van der Waals surface area contributed by atoms with E-state index in [-0.39, 0.29) is 17.9 Å². The van der Waals surface area contributed by atoms with Gasteiger partial charge in [0.15, 0.2) is 0 Å². The molecule has 0 saturated carbocycles. The third kappa shape index (κ3) is 5.14. The first-order valence-corrected chi connectivity index (χ1v) is 10.1. The van der Waals surface area contributed by atoms with E-state index in [9.17, 15) is 9.59 Å². The van der Waals surface area contributed by atoms with Crippen molar-refractivity contribution >= 4 is 39.0 Å². The van der Waals surface area contributed by atoms with Gasteiger partial charge in [-0.3, -0.25) is 14.6 Å². The molecule has 2 heterocycles. The fourth-order valence-electron chi connectivity index (χ4n) is 2.78. The number of hydrogen-bond donors (Lipinski definition) is 0. The number of aromatic nitrogens is 2. The fourth-order valence-corrected chi connectivity index (χ4v) is 4.01. The number of esters is 1. The third-order valence-electron chi connectivity index (χ3n) is 3.85. The Morgan fingerprint density at radius 2 is 1.93 bits per heavy atom. The minimum Gasteiger partial charge on any atom is -0.460 e. The Labute approximate surface area is 172 Å². The zero-order valence-electron chi connectivity index (χ0n) is 16.2. The Hall–Kier alpha value is -2.31. The second kappa shape index (κ2) is 7.97. The number of aryl methyl sites for hydroxylation is 2. The van der Waals surface area contributed by atoms with Crippen LogP contribution >= 0.6 is 22.9 Å². The highest BCUT2D eigenvalue weighted by molar-refractivity contribution is 7.21. The lowest BCUT2D eigenvalue weighted by molar-refractivity contribution is -0.154. The van der Waals surface area contributed by atoms with E-state index in [1.807, 2.05) is 39.8 Å². The van der Waals surface area contributed by atoms with Gasteiger partial charge in [0.2, 0.25) is 0 Å². The normalized spacial score (nSPS) is 11.6. The van der Waals surface area contributed by atoms with Gasteiger partial charge in [0, 0.05) is 21.8 Å². The molecule has 0 spiro atoms. The van der Waals surface area contributed by atoms with Crippen LogP contribution in [0.1, 0.15) is 38.4 Å². The topological polar surface area (TPSA) is 69.2 Å². The van der Waals surface area contributed by atoms with E-state index < -0.39 is 5.60 Å². The van der Waals surface area contributed by atoms with Gasteiger partial charge in [0.05, 0.1) is 11.1 Å². The molecule has 146 valence electrons. The summed E-state index contributed by atoms with van der Waals surface area (Å²) in [5.41, 5.74) is 1.55. The van der Waals surface area contributed by atoms with E-state index >= 15 is 0 Å². The van der Waals surface area contributed by atoms with Crippen LogP contribution in [0.25, 0.3) is 20.8 Å². The Morgan fingerprint density at radius 1 is 1.18 bits per heavy atom. The number of nitrogens with zero attached hydrogens (tertiary/aromatic N) is 2. The van der Waals surface area contributed by atoms with E-state index in [1.54, 1.807) is 18.2 Å². The molecule has 7 heteroatoms. The Kier molecular flexibility index (Phi) is 5.82. The van der Waals surface area contributed by atoms with Crippen molar-refractivity contribution in [2.75, 3.05) is 0 Å². The molecule has 0 saturated heterocycles. The fraction of sp³-hybridized carbons (Fsp3) is 0.333. The standard InChI is InChI=1S/C21H21ClN2O3S/c1-12-9-13(5-8-18(25)27-21(2,3)4)10-16(23-12)20-24-19(26)15-7-6-14(22)11-17(15)28-20/h6-7,9-11H,5,8H2,1-4H3. The highest BCUT2D eigenvalue weighted by Gasteiger charge is 2.16. The molecule has 3 aromatic rings. The van der Waals surface area contributed by atoms with Crippen molar-refractivity contribution in [1.82, 2.24) is 9.97 Å². The van der Waals surface area contributed by atoms with E-state index in [1.165, 1.54) is 11.3 Å². The number of hydrogen-bond acceptors (Lipinski definition) is 6. The van der Waals surface area contributed by atoms with E-state index in [0.29, 0.717) is 27.5 Å². The molecular weight excluding hydrogens is 396 g/mol. The summed E-state index contributed by atoms with van der Waals surface area (Å²) in [5, 5.41) is 1.63. The molecule has 1 aromatic carbocycles. The van der Waals surface area contributed by atoms with Gasteiger partial charge in [-0.15, -0.1) is 11.3 Å². The molecule has 0 fully saturated rings. The molecule has 0 N–H and O–H groups in total. The zero-order chi connectivity index (χ0) is 20.5. The minimum atomic E-state index is -0.501. The summed E-state index contributed by atoms with van der Waals surface area (Å²) in [4.78, 5) is 33.1. The minimum absolute atomic E-state index is 0.244. The van der Waals surface area contributed by atoms with Crippen LogP contribution < -0.4 is 5.56 Å².